The Bertz CT molecular complexity index is 244. The Kier molecular flexibility index (Phi) is 3.26. The Labute approximate surface area is 91.4 Å². The number of nitrogens with zero attached hydrogens (tertiary/aromatic N) is 1. The summed E-state index contributed by atoms with van der Waals surface area (Å²) >= 11 is 0. The first-order valence-electron chi connectivity index (χ1n) is 5.88. The molecular weight excluding hydrogens is 190 g/mol. The van der Waals surface area contributed by atoms with Crippen LogP contribution in [-0.2, 0) is 4.79 Å². The van der Waals surface area contributed by atoms with Crippen molar-refractivity contribution in [2.75, 3.05) is 27.2 Å². The predicted octanol–water partition coefficient (Wildman–Crippen LogP) is -0.195. The van der Waals surface area contributed by atoms with Gasteiger partial charge < -0.3 is 15.5 Å². The van der Waals surface area contributed by atoms with Crippen LogP contribution in [0.3, 0.4) is 0 Å². The average molecular weight is 211 g/mol. The van der Waals surface area contributed by atoms with E-state index in [0.717, 1.165) is 19.5 Å². The third-order valence-corrected chi connectivity index (χ3v) is 3.69. The molecule has 0 aliphatic carbocycles. The van der Waals surface area contributed by atoms with Crippen LogP contribution in [0.4, 0.5) is 0 Å². The van der Waals surface area contributed by atoms with Crippen LogP contribution in [0.15, 0.2) is 0 Å². The van der Waals surface area contributed by atoms with E-state index in [4.69, 9.17) is 0 Å². The lowest BCUT2D eigenvalue weighted by molar-refractivity contribution is -0.134. The number of hydrogen-bond donors (Lipinski definition) is 2. The maximum Gasteiger partial charge on any atom is 0.227 e. The van der Waals surface area contributed by atoms with E-state index in [0.29, 0.717) is 18.0 Å². The van der Waals surface area contributed by atoms with Gasteiger partial charge in [0, 0.05) is 32.2 Å². The summed E-state index contributed by atoms with van der Waals surface area (Å²) in [5, 5.41) is 6.58. The molecule has 0 saturated carbocycles. The van der Waals surface area contributed by atoms with Crippen molar-refractivity contribution in [3.8, 4) is 0 Å². The number of hydrogen-bond acceptors (Lipinski definition) is 3. The molecule has 2 rings (SSSR count). The number of amides is 1. The van der Waals surface area contributed by atoms with Gasteiger partial charge in [-0.2, -0.15) is 0 Å². The van der Waals surface area contributed by atoms with Crippen molar-refractivity contribution in [3.05, 3.63) is 0 Å². The lowest BCUT2D eigenvalue weighted by Crippen LogP contribution is -2.41. The van der Waals surface area contributed by atoms with E-state index in [9.17, 15) is 4.79 Å². The smallest absolute Gasteiger partial charge is 0.227 e. The van der Waals surface area contributed by atoms with E-state index in [1.807, 2.05) is 19.0 Å². The molecule has 86 valence electrons. The van der Waals surface area contributed by atoms with Crippen LogP contribution < -0.4 is 10.6 Å². The van der Waals surface area contributed by atoms with E-state index in [1.165, 1.54) is 12.8 Å². The van der Waals surface area contributed by atoms with Crippen molar-refractivity contribution in [1.29, 1.82) is 0 Å². The van der Waals surface area contributed by atoms with Gasteiger partial charge in [-0.1, -0.05) is 0 Å². The summed E-state index contributed by atoms with van der Waals surface area (Å²) in [6.07, 6.45) is 3.49. The number of likely N-dealkylation sites (N-methyl/N-ethyl adjacent to an activating group) is 2. The minimum absolute atomic E-state index is 0.241. The van der Waals surface area contributed by atoms with Crippen LogP contribution in [0.5, 0.6) is 0 Å². The van der Waals surface area contributed by atoms with Crippen molar-refractivity contribution in [1.82, 2.24) is 15.5 Å². The fourth-order valence-corrected chi connectivity index (χ4v) is 2.77. The maximum atomic E-state index is 12.1. The molecule has 2 fully saturated rings. The molecule has 0 aromatic heterocycles. The summed E-state index contributed by atoms with van der Waals surface area (Å²) in [6, 6.07) is 1.07. The second kappa shape index (κ2) is 4.49. The van der Waals surface area contributed by atoms with Crippen LogP contribution in [0.25, 0.3) is 0 Å². The van der Waals surface area contributed by atoms with E-state index in [-0.39, 0.29) is 5.92 Å². The highest BCUT2D eigenvalue weighted by Gasteiger charge is 2.43. The molecule has 2 saturated heterocycles. The molecular formula is C11H21N3O. The number of carbonyl (C=O) groups is 1. The molecule has 0 aromatic rings. The SMILES string of the molecule is CNCCN(C)C(=O)C1CC2CCC1N2. The van der Waals surface area contributed by atoms with Crippen LogP contribution in [-0.4, -0.2) is 50.1 Å². The third kappa shape index (κ3) is 2.16. The summed E-state index contributed by atoms with van der Waals surface area (Å²) in [6.45, 7) is 1.68. The van der Waals surface area contributed by atoms with Gasteiger partial charge >= 0.3 is 0 Å². The summed E-state index contributed by atoms with van der Waals surface area (Å²) in [5.74, 6) is 0.565. The van der Waals surface area contributed by atoms with E-state index < -0.39 is 0 Å². The lowest BCUT2D eigenvalue weighted by atomic mass is 9.88. The first-order valence-corrected chi connectivity index (χ1v) is 5.88. The van der Waals surface area contributed by atoms with Crippen molar-refractivity contribution in [2.24, 2.45) is 5.92 Å². The van der Waals surface area contributed by atoms with Gasteiger partial charge in [0.1, 0.15) is 0 Å². The molecule has 3 atom stereocenters. The summed E-state index contributed by atoms with van der Waals surface area (Å²) in [5.41, 5.74) is 0. The van der Waals surface area contributed by atoms with Crippen molar-refractivity contribution >= 4 is 5.91 Å². The number of rotatable bonds is 4. The highest BCUT2D eigenvalue weighted by Crippen LogP contribution is 2.34. The molecule has 0 aromatic carbocycles. The van der Waals surface area contributed by atoms with E-state index >= 15 is 0 Å². The lowest BCUT2D eigenvalue weighted by Gasteiger charge is -2.25. The number of carbonyl (C=O) groups excluding carboxylic acids is 1. The predicted molar refractivity (Wildman–Crippen MR) is 59.6 cm³/mol. The molecule has 4 nitrogen and oxygen atoms in total. The van der Waals surface area contributed by atoms with Gasteiger partial charge in [0.25, 0.3) is 0 Å². The van der Waals surface area contributed by atoms with Gasteiger partial charge in [-0.15, -0.1) is 0 Å². The Morgan fingerprint density at radius 3 is 2.87 bits per heavy atom. The quantitative estimate of drug-likeness (QED) is 0.677. The first kappa shape index (κ1) is 10.9. The number of nitrogens with one attached hydrogen (secondary N) is 2. The van der Waals surface area contributed by atoms with Crippen LogP contribution in [0.2, 0.25) is 0 Å². The van der Waals surface area contributed by atoms with Crippen molar-refractivity contribution in [3.63, 3.8) is 0 Å². The molecule has 3 unspecified atom stereocenters. The second-order valence-corrected chi connectivity index (χ2v) is 4.75. The fraction of sp³-hybridized carbons (Fsp3) is 0.909. The zero-order valence-corrected chi connectivity index (χ0v) is 9.62. The molecule has 2 N–H and O–H groups in total. The van der Waals surface area contributed by atoms with Crippen molar-refractivity contribution in [2.45, 2.75) is 31.3 Å². The van der Waals surface area contributed by atoms with Crippen molar-refractivity contribution < 1.29 is 4.79 Å². The monoisotopic (exact) mass is 211 g/mol. The van der Waals surface area contributed by atoms with Gasteiger partial charge in [0.05, 0.1) is 5.92 Å². The Morgan fingerprint density at radius 2 is 2.33 bits per heavy atom. The molecule has 2 heterocycles. The van der Waals surface area contributed by atoms with Gasteiger partial charge in [-0.25, -0.2) is 0 Å². The molecule has 4 heteroatoms. The topological polar surface area (TPSA) is 44.4 Å². The minimum Gasteiger partial charge on any atom is -0.344 e. The first-order chi connectivity index (χ1) is 7.22. The van der Waals surface area contributed by atoms with Gasteiger partial charge in [0.15, 0.2) is 0 Å². The summed E-state index contributed by atoms with van der Waals surface area (Å²) in [7, 11) is 3.82. The molecule has 0 radical (unpaired) electrons. The van der Waals surface area contributed by atoms with Crippen LogP contribution in [0, 0.1) is 5.92 Å². The zero-order chi connectivity index (χ0) is 10.8. The third-order valence-electron chi connectivity index (χ3n) is 3.69. The van der Waals surface area contributed by atoms with Gasteiger partial charge in [-0.05, 0) is 26.3 Å². The van der Waals surface area contributed by atoms with E-state index in [1.54, 1.807) is 0 Å². The maximum absolute atomic E-state index is 12.1. The van der Waals surface area contributed by atoms with Crippen LogP contribution in [0.1, 0.15) is 19.3 Å². The highest BCUT2D eigenvalue weighted by molar-refractivity contribution is 5.80. The molecule has 2 aliphatic heterocycles. The molecule has 2 bridgehead atoms. The Morgan fingerprint density at radius 1 is 1.53 bits per heavy atom. The average Bonchev–Trinajstić information content (AvgIpc) is 2.86. The zero-order valence-electron chi connectivity index (χ0n) is 9.62. The minimum atomic E-state index is 0.241. The molecule has 1 amide bonds. The summed E-state index contributed by atoms with van der Waals surface area (Å²) in [4.78, 5) is 14.0. The Hall–Kier alpha value is -0.610. The molecule has 15 heavy (non-hydrogen) atoms. The number of fused-ring (bicyclic) bond motifs is 2. The largest absolute Gasteiger partial charge is 0.344 e. The van der Waals surface area contributed by atoms with Gasteiger partial charge in [0.2, 0.25) is 5.91 Å². The Balaban J connectivity index is 1.85. The summed E-state index contributed by atoms with van der Waals surface area (Å²) < 4.78 is 0. The standard InChI is InChI=1S/C11H21N3O/c1-12-5-6-14(2)11(15)9-7-8-3-4-10(9)13-8/h8-10,12-13H,3-7H2,1-2H3. The normalized spacial score (nSPS) is 33.3. The molecule has 0 spiro atoms. The van der Waals surface area contributed by atoms with Crippen LogP contribution >= 0.6 is 0 Å². The van der Waals surface area contributed by atoms with E-state index in [2.05, 4.69) is 10.6 Å². The molecule has 2 aliphatic rings. The highest BCUT2D eigenvalue weighted by atomic mass is 16.2. The second-order valence-electron chi connectivity index (χ2n) is 4.75. The van der Waals surface area contributed by atoms with Gasteiger partial charge in [-0.3, -0.25) is 4.79 Å². The fourth-order valence-electron chi connectivity index (χ4n) is 2.77.